The fourth-order valence-electron chi connectivity index (χ4n) is 1.97. The number of aliphatic hydroxyl groups excluding tert-OH is 1. The van der Waals surface area contributed by atoms with E-state index in [9.17, 15) is 9.32 Å². The second kappa shape index (κ2) is 3.05. The van der Waals surface area contributed by atoms with Gasteiger partial charge in [-0.2, -0.15) is 0 Å². The second-order valence-electron chi connectivity index (χ2n) is 3.48. The fraction of sp³-hybridized carbons (Fsp3) is 0.0909. The minimum absolute atomic E-state index is 0.00681. The topological polar surface area (TPSA) is 49.3 Å². The van der Waals surface area contributed by atoms with E-state index < -0.39 is 11.0 Å². The zero-order valence-corrected chi connectivity index (χ0v) is 8.67. The first-order valence-electron chi connectivity index (χ1n) is 4.65. The van der Waals surface area contributed by atoms with Crippen LogP contribution in [0, 0.1) is 0 Å². The van der Waals surface area contributed by atoms with E-state index in [-0.39, 0.29) is 6.61 Å². The van der Waals surface area contributed by atoms with Gasteiger partial charge in [0.05, 0.1) is 17.2 Å². The number of rotatable bonds is 1. The average molecular weight is 219 g/mol. The van der Waals surface area contributed by atoms with Gasteiger partial charge >= 0.3 is 0 Å². The second-order valence-corrected chi connectivity index (χ2v) is 4.66. The first-order chi connectivity index (χ1) is 7.31. The summed E-state index contributed by atoms with van der Waals surface area (Å²) in [6, 6.07) is 9.38. The molecule has 0 fully saturated rings. The Morgan fingerprint density at radius 2 is 2.13 bits per heavy atom. The third kappa shape index (κ3) is 1.12. The summed E-state index contributed by atoms with van der Waals surface area (Å²) in [5, 5.41) is 11.2. The maximum absolute atomic E-state index is 11.7. The zero-order valence-electron chi connectivity index (χ0n) is 7.86. The van der Waals surface area contributed by atoms with Gasteiger partial charge in [-0.25, -0.2) is 4.21 Å². The summed E-state index contributed by atoms with van der Waals surface area (Å²) in [4.78, 5) is 0.804. The highest BCUT2D eigenvalue weighted by atomic mass is 32.2. The van der Waals surface area contributed by atoms with Gasteiger partial charge in [-0.15, -0.1) is 0 Å². The van der Waals surface area contributed by atoms with Crippen LogP contribution in [0.4, 0.5) is 5.69 Å². The predicted molar refractivity (Wildman–Crippen MR) is 59.9 cm³/mol. The molecule has 4 heteroatoms. The molecule has 0 bridgehead atoms. The summed E-state index contributed by atoms with van der Waals surface area (Å²) in [6.45, 7) is 0.00681. The molecule has 0 radical (unpaired) electrons. The first-order valence-corrected chi connectivity index (χ1v) is 5.80. The molecule has 1 aliphatic rings. The molecule has 0 aliphatic carbocycles. The Hall–Kier alpha value is -1.39. The lowest BCUT2D eigenvalue weighted by atomic mass is 10.0. The van der Waals surface area contributed by atoms with Gasteiger partial charge in [-0.1, -0.05) is 18.2 Å². The number of benzene rings is 2. The fourth-order valence-corrected chi connectivity index (χ4v) is 3.04. The van der Waals surface area contributed by atoms with E-state index >= 15 is 0 Å². The molecule has 0 aromatic heterocycles. The van der Waals surface area contributed by atoms with Gasteiger partial charge in [0.15, 0.2) is 11.0 Å². The number of anilines is 1. The van der Waals surface area contributed by atoms with E-state index in [0.717, 1.165) is 26.9 Å². The molecule has 15 heavy (non-hydrogen) atoms. The Bertz CT molecular complexity index is 580. The van der Waals surface area contributed by atoms with Crippen molar-refractivity contribution in [2.45, 2.75) is 11.5 Å². The molecule has 76 valence electrons. The van der Waals surface area contributed by atoms with E-state index in [1.165, 1.54) is 0 Å². The van der Waals surface area contributed by atoms with E-state index in [2.05, 4.69) is 4.72 Å². The maximum Gasteiger partial charge on any atom is 0.151 e. The van der Waals surface area contributed by atoms with Crippen molar-refractivity contribution < 1.29 is 9.32 Å². The normalized spacial score (nSPS) is 18.1. The lowest BCUT2D eigenvalue weighted by molar-refractivity contribution is 0.283. The largest absolute Gasteiger partial charge is 0.392 e. The molecule has 1 aliphatic heterocycles. The monoisotopic (exact) mass is 219 g/mol. The molecule has 3 rings (SSSR count). The molecular formula is C11H9NO2S. The molecule has 2 aromatic carbocycles. The van der Waals surface area contributed by atoms with Gasteiger partial charge in [0.2, 0.25) is 0 Å². The summed E-state index contributed by atoms with van der Waals surface area (Å²) < 4.78 is 14.6. The van der Waals surface area contributed by atoms with Gasteiger partial charge in [-0.3, -0.25) is 0 Å². The van der Waals surface area contributed by atoms with Crippen LogP contribution in [0.3, 0.4) is 0 Å². The number of aliphatic hydroxyl groups is 1. The standard InChI is InChI=1S/C11H9NO2S/c13-6-7-4-5-10-11-8(7)2-1-3-9(11)12-15(10)14/h1-5,12-13H,6H2. The van der Waals surface area contributed by atoms with Crippen LogP contribution >= 0.6 is 0 Å². The molecule has 2 aromatic rings. The van der Waals surface area contributed by atoms with Crippen LogP contribution in [0.25, 0.3) is 10.8 Å². The van der Waals surface area contributed by atoms with Crippen LogP contribution in [0.15, 0.2) is 35.2 Å². The zero-order chi connectivity index (χ0) is 10.4. The van der Waals surface area contributed by atoms with Crippen molar-refractivity contribution >= 4 is 27.4 Å². The summed E-state index contributed by atoms with van der Waals surface area (Å²) in [5.41, 5.74) is 1.76. The third-order valence-electron chi connectivity index (χ3n) is 2.67. The lowest BCUT2D eigenvalue weighted by Crippen LogP contribution is -1.95. The van der Waals surface area contributed by atoms with Crippen LogP contribution in [0.5, 0.6) is 0 Å². The summed E-state index contributed by atoms with van der Waals surface area (Å²) >= 11 is 0. The molecule has 2 N–H and O–H groups in total. The van der Waals surface area contributed by atoms with Gasteiger partial charge in [0.1, 0.15) is 0 Å². The van der Waals surface area contributed by atoms with Gasteiger partial charge in [0.25, 0.3) is 0 Å². The molecule has 1 heterocycles. The molecule has 0 saturated carbocycles. The minimum Gasteiger partial charge on any atom is -0.392 e. The Balaban J connectivity index is 2.50. The predicted octanol–water partition coefficient (Wildman–Crippen LogP) is 1.78. The quantitative estimate of drug-likeness (QED) is 0.768. The summed E-state index contributed by atoms with van der Waals surface area (Å²) in [7, 11) is -1.15. The highest BCUT2D eigenvalue weighted by Gasteiger charge is 2.20. The Morgan fingerprint density at radius 1 is 1.27 bits per heavy atom. The van der Waals surface area contributed by atoms with Crippen LogP contribution in [-0.2, 0) is 17.6 Å². The smallest absolute Gasteiger partial charge is 0.151 e. The molecule has 0 saturated heterocycles. The van der Waals surface area contributed by atoms with Crippen molar-refractivity contribution in [3.8, 4) is 0 Å². The Labute approximate surface area is 89.3 Å². The molecule has 0 spiro atoms. The first kappa shape index (κ1) is 8.88. The van der Waals surface area contributed by atoms with E-state index in [1.54, 1.807) is 0 Å². The SMILES string of the molecule is O=S1Nc2cccc3c(CO)ccc1c23. The van der Waals surface area contributed by atoms with Gasteiger partial charge < -0.3 is 9.83 Å². The van der Waals surface area contributed by atoms with Crippen molar-refractivity contribution in [1.29, 1.82) is 0 Å². The third-order valence-corrected chi connectivity index (χ3v) is 3.81. The van der Waals surface area contributed by atoms with Crippen molar-refractivity contribution in [3.63, 3.8) is 0 Å². The molecule has 1 unspecified atom stereocenters. The highest BCUT2D eigenvalue weighted by Crippen LogP contribution is 2.36. The van der Waals surface area contributed by atoms with Crippen LogP contribution in [0.1, 0.15) is 5.56 Å². The van der Waals surface area contributed by atoms with Crippen LogP contribution < -0.4 is 4.72 Å². The molecule has 0 amide bonds. The van der Waals surface area contributed by atoms with E-state index in [1.807, 2.05) is 30.3 Å². The maximum atomic E-state index is 11.7. The van der Waals surface area contributed by atoms with Crippen LogP contribution in [-0.4, -0.2) is 9.32 Å². The molecule has 1 atom stereocenters. The number of hydrogen-bond acceptors (Lipinski definition) is 2. The molecule has 3 nitrogen and oxygen atoms in total. The van der Waals surface area contributed by atoms with Crippen molar-refractivity contribution in [3.05, 3.63) is 35.9 Å². The average Bonchev–Trinajstić information content (AvgIpc) is 2.58. The Kier molecular flexibility index (Phi) is 1.81. The lowest BCUT2D eigenvalue weighted by Gasteiger charge is -2.03. The Morgan fingerprint density at radius 3 is 2.93 bits per heavy atom. The van der Waals surface area contributed by atoms with Crippen LogP contribution in [0.2, 0.25) is 0 Å². The van der Waals surface area contributed by atoms with Crippen molar-refractivity contribution in [1.82, 2.24) is 0 Å². The van der Waals surface area contributed by atoms with Crippen molar-refractivity contribution in [2.75, 3.05) is 4.72 Å². The van der Waals surface area contributed by atoms with Gasteiger partial charge in [-0.05, 0) is 23.1 Å². The van der Waals surface area contributed by atoms with Crippen molar-refractivity contribution in [2.24, 2.45) is 0 Å². The van der Waals surface area contributed by atoms with E-state index in [4.69, 9.17) is 0 Å². The van der Waals surface area contributed by atoms with Gasteiger partial charge in [0, 0.05) is 5.39 Å². The highest BCUT2D eigenvalue weighted by molar-refractivity contribution is 7.87. The summed E-state index contributed by atoms with van der Waals surface area (Å²) in [6.07, 6.45) is 0. The van der Waals surface area contributed by atoms with E-state index in [0.29, 0.717) is 0 Å². The number of nitrogens with one attached hydrogen (secondary N) is 1. The molecular weight excluding hydrogens is 210 g/mol. The minimum atomic E-state index is -1.15. The summed E-state index contributed by atoms with van der Waals surface area (Å²) in [5.74, 6) is 0. The number of hydrogen-bond donors (Lipinski definition) is 2.